The summed E-state index contributed by atoms with van der Waals surface area (Å²) in [5, 5.41) is 0. The lowest BCUT2D eigenvalue weighted by molar-refractivity contribution is 0.302. The van der Waals surface area contributed by atoms with Crippen LogP contribution in [0.2, 0.25) is 0 Å². The fourth-order valence-electron chi connectivity index (χ4n) is 2.97. The average molecular weight is 285 g/mol. The summed E-state index contributed by atoms with van der Waals surface area (Å²) in [5.41, 5.74) is 8.62. The molecule has 0 unspecified atom stereocenters. The Labute approximate surface area is 125 Å². The predicted molar refractivity (Wildman–Crippen MR) is 86.6 cm³/mol. The second-order valence-corrected chi connectivity index (χ2v) is 5.59. The van der Waals surface area contributed by atoms with Crippen molar-refractivity contribution in [2.45, 2.75) is 13.3 Å². The minimum atomic E-state index is 0.731. The van der Waals surface area contributed by atoms with E-state index in [2.05, 4.69) is 16.7 Å². The smallest absolute Gasteiger partial charge is 0.150 e. The van der Waals surface area contributed by atoms with Crippen LogP contribution in [0, 0.1) is 6.92 Å². The highest BCUT2D eigenvalue weighted by Gasteiger charge is 2.18. The summed E-state index contributed by atoms with van der Waals surface area (Å²) in [5.74, 6) is 1.03. The zero-order chi connectivity index (χ0) is 14.7. The maximum atomic E-state index is 5.66. The summed E-state index contributed by atoms with van der Waals surface area (Å²) in [4.78, 5) is 14.3. The summed E-state index contributed by atoms with van der Waals surface area (Å²) >= 11 is 0. The van der Waals surface area contributed by atoms with Gasteiger partial charge in [0.1, 0.15) is 0 Å². The molecule has 0 bridgehead atoms. The second kappa shape index (κ2) is 6.37. The van der Waals surface area contributed by atoms with Gasteiger partial charge in [-0.05, 0) is 32.0 Å². The second-order valence-electron chi connectivity index (χ2n) is 5.59. The van der Waals surface area contributed by atoms with Crippen molar-refractivity contribution in [2.24, 2.45) is 5.73 Å². The quantitative estimate of drug-likeness (QED) is 0.924. The van der Waals surface area contributed by atoms with E-state index >= 15 is 0 Å². The molecule has 1 aromatic heterocycles. The van der Waals surface area contributed by atoms with E-state index in [9.17, 15) is 0 Å². The summed E-state index contributed by atoms with van der Waals surface area (Å²) in [6, 6.07) is 8.07. The standard InChI is InChI=1S/C16H23N5/c1-13-16(19-15-6-3-2-5-14(15)18-13)21-9-4-8-20(10-7-17)11-12-21/h2-3,5-6H,4,7-12,17H2,1H3. The summed E-state index contributed by atoms with van der Waals surface area (Å²) in [6.45, 7) is 7.96. The Morgan fingerprint density at radius 3 is 2.57 bits per heavy atom. The lowest BCUT2D eigenvalue weighted by Gasteiger charge is -2.23. The van der Waals surface area contributed by atoms with Crippen LogP contribution in [0.15, 0.2) is 24.3 Å². The van der Waals surface area contributed by atoms with Crippen LogP contribution < -0.4 is 10.6 Å². The highest BCUT2D eigenvalue weighted by molar-refractivity contribution is 5.76. The largest absolute Gasteiger partial charge is 0.354 e. The Morgan fingerprint density at radius 2 is 1.81 bits per heavy atom. The normalized spacial score (nSPS) is 17.1. The van der Waals surface area contributed by atoms with Gasteiger partial charge < -0.3 is 15.5 Å². The SMILES string of the molecule is Cc1nc2ccccc2nc1N1CCCN(CCN)CC1. The first-order chi connectivity index (χ1) is 10.3. The van der Waals surface area contributed by atoms with Crippen LogP contribution in [0.5, 0.6) is 0 Å². The maximum absolute atomic E-state index is 5.66. The van der Waals surface area contributed by atoms with Crippen LogP contribution in [0.1, 0.15) is 12.1 Å². The topological polar surface area (TPSA) is 58.3 Å². The molecule has 1 saturated heterocycles. The van der Waals surface area contributed by atoms with Gasteiger partial charge in [0.15, 0.2) is 5.82 Å². The lowest BCUT2D eigenvalue weighted by atomic mass is 10.2. The van der Waals surface area contributed by atoms with Gasteiger partial charge in [-0.1, -0.05) is 12.1 Å². The van der Waals surface area contributed by atoms with E-state index in [0.717, 1.165) is 68.2 Å². The van der Waals surface area contributed by atoms with Crippen molar-refractivity contribution >= 4 is 16.9 Å². The van der Waals surface area contributed by atoms with Gasteiger partial charge in [-0.3, -0.25) is 0 Å². The molecular weight excluding hydrogens is 262 g/mol. The van der Waals surface area contributed by atoms with Crippen LogP contribution >= 0.6 is 0 Å². The van der Waals surface area contributed by atoms with Crippen molar-refractivity contribution in [3.8, 4) is 0 Å². The van der Waals surface area contributed by atoms with E-state index in [4.69, 9.17) is 15.7 Å². The molecule has 5 nitrogen and oxygen atoms in total. The maximum Gasteiger partial charge on any atom is 0.150 e. The zero-order valence-electron chi connectivity index (χ0n) is 12.6. The number of anilines is 1. The third-order valence-electron chi connectivity index (χ3n) is 4.05. The molecule has 3 rings (SSSR count). The van der Waals surface area contributed by atoms with E-state index in [1.165, 1.54) is 0 Å². The molecular formula is C16H23N5. The first kappa shape index (κ1) is 14.2. The lowest BCUT2D eigenvalue weighted by Crippen LogP contribution is -2.34. The van der Waals surface area contributed by atoms with E-state index in [1.54, 1.807) is 0 Å². The number of para-hydroxylation sites is 2. The van der Waals surface area contributed by atoms with Crippen LogP contribution in [0.4, 0.5) is 5.82 Å². The number of hydrogen-bond acceptors (Lipinski definition) is 5. The molecule has 1 aliphatic heterocycles. The van der Waals surface area contributed by atoms with Crippen LogP contribution in [0.25, 0.3) is 11.0 Å². The zero-order valence-corrected chi connectivity index (χ0v) is 12.6. The molecule has 112 valence electrons. The highest BCUT2D eigenvalue weighted by atomic mass is 15.3. The number of rotatable bonds is 3. The predicted octanol–water partition coefficient (Wildman–Crippen LogP) is 1.41. The minimum Gasteiger partial charge on any atom is -0.354 e. The Bertz CT molecular complexity index is 613. The molecule has 0 aliphatic carbocycles. The van der Waals surface area contributed by atoms with Gasteiger partial charge in [0.25, 0.3) is 0 Å². The molecule has 1 fully saturated rings. The monoisotopic (exact) mass is 285 g/mol. The fraction of sp³-hybridized carbons (Fsp3) is 0.500. The average Bonchev–Trinajstić information content (AvgIpc) is 2.73. The molecule has 1 aliphatic rings. The molecule has 2 N–H and O–H groups in total. The van der Waals surface area contributed by atoms with Gasteiger partial charge in [0.2, 0.25) is 0 Å². The molecule has 2 aromatic rings. The number of aromatic nitrogens is 2. The van der Waals surface area contributed by atoms with Gasteiger partial charge in [-0.25, -0.2) is 9.97 Å². The molecule has 5 heteroatoms. The van der Waals surface area contributed by atoms with Gasteiger partial charge in [0, 0.05) is 32.7 Å². The summed E-state index contributed by atoms with van der Waals surface area (Å²) in [7, 11) is 0. The molecule has 0 atom stereocenters. The van der Waals surface area contributed by atoms with Crippen molar-refractivity contribution in [1.82, 2.24) is 14.9 Å². The summed E-state index contributed by atoms with van der Waals surface area (Å²) < 4.78 is 0. The highest BCUT2D eigenvalue weighted by Crippen LogP contribution is 2.21. The molecule has 21 heavy (non-hydrogen) atoms. The molecule has 0 spiro atoms. The Kier molecular flexibility index (Phi) is 4.31. The molecule has 0 saturated carbocycles. The van der Waals surface area contributed by atoms with Crippen molar-refractivity contribution in [3.63, 3.8) is 0 Å². The van der Waals surface area contributed by atoms with Gasteiger partial charge >= 0.3 is 0 Å². The van der Waals surface area contributed by atoms with Crippen molar-refractivity contribution in [1.29, 1.82) is 0 Å². The van der Waals surface area contributed by atoms with Crippen molar-refractivity contribution in [2.75, 3.05) is 44.2 Å². The molecule has 0 amide bonds. The van der Waals surface area contributed by atoms with Crippen LogP contribution in [-0.2, 0) is 0 Å². The van der Waals surface area contributed by atoms with Gasteiger partial charge in [-0.2, -0.15) is 0 Å². The number of fused-ring (bicyclic) bond motifs is 1. The van der Waals surface area contributed by atoms with E-state index in [1.807, 2.05) is 24.3 Å². The van der Waals surface area contributed by atoms with Crippen LogP contribution in [-0.4, -0.2) is 54.1 Å². The Balaban J connectivity index is 1.84. The fourth-order valence-corrected chi connectivity index (χ4v) is 2.97. The van der Waals surface area contributed by atoms with Gasteiger partial charge in [0.05, 0.1) is 16.7 Å². The minimum absolute atomic E-state index is 0.731. The molecule has 0 radical (unpaired) electrons. The first-order valence-electron chi connectivity index (χ1n) is 7.68. The van der Waals surface area contributed by atoms with E-state index < -0.39 is 0 Å². The third kappa shape index (κ3) is 3.14. The summed E-state index contributed by atoms with van der Waals surface area (Å²) in [6.07, 6.45) is 1.15. The number of aryl methyl sites for hydroxylation is 1. The molecule has 1 aromatic carbocycles. The van der Waals surface area contributed by atoms with Gasteiger partial charge in [-0.15, -0.1) is 0 Å². The Morgan fingerprint density at radius 1 is 1.05 bits per heavy atom. The van der Waals surface area contributed by atoms with Crippen LogP contribution in [0.3, 0.4) is 0 Å². The number of nitrogens with two attached hydrogens (primary N) is 1. The van der Waals surface area contributed by atoms with E-state index in [0.29, 0.717) is 0 Å². The van der Waals surface area contributed by atoms with E-state index in [-0.39, 0.29) is 0 Å². The van der Waals surface area contributed by atoms with Crippen molar-refractivity contribution in [3.05, 3.63) is 30.0 Å². The Hall–Kier alpha value is -1.72. The number of hydrogen-bond donors (Lipinski definition) is 1. The number of nitrogens with zero attached hydrogens (tertiary/aromatic N) is 4. The third-order valence-corrected chi connectivity index (χ3v) is 4.05. The number of benzene rings is 1. The molecule has 2 heterocycles. The van der Waals surface area contributed by atoms with Crippen molar-refractivity contribution < 1.29 is 0 Å². The first-order valence-corrected chi connectivity index (χ1v) is 7.68.